The number of nitrogens with zero attached hydrogens (tertiary/aromatic N) is 2. The van der Waals surface area contributed by atoms with E-state index < -0.39 is 0 Å². The summed E-state index contributed by atoms with van der Waals surface area (Å²) in [5.41, 5.74) is 1.19. The SMILES string of the molecule is N#Cc1ccncc1Nc1cc(Br)ccc1F. The highest BCUT2D eigenvalue weighted by atomic mass is 79.9. The second-order valence-electron chi connectivity index (χ2n) is 3.28. The zero-order chi connectivity index (χ0) is 12.3. The fraction of sp³-hybridized carbons (Fsp3) is 0. The van der Waals surface area contributed by atoms with Gasteiger partial charge in [-0.2, -0.15) is 5.26 Å². The number of aromatic nitrogens is 1. The summed E-state index contributed by atoms with van der Waals surface area (Å²) in [4.78, 5) is 3.89. The van der Waals surface area contributed by atoms with E-state index in [0.717, 1.165) is 4.47 Å². The number of pyridine rings is 1. The van der Waals surface area contributed by atoms with E-state index in [1.807, 2.05) is 6.07 Å². The molecule has 0 bridgehead atoms. The van der Waals surface area contributed by atoms with Gasteiger partial charge in [-0.15, -0.1) is 0 Å². The second-order valence-corrected chi connectivity index (χ2v) is 4.20. The van der Waals surface area contributed by atoms with Crippen LogP contribution in [0.4, 0.5) is 15.8 Å². The van der Waals surface area contributed by atoms with Crippen LogP contribution in [0.25, 0.3) is 0 Å². The van der Waals surface area contributed by atoms with Gasteiger partial charge in [0.15, 0.2) is 0 Å². The van der Waals surface area contributed by atoms with Gasteiger partial charge in [0.05, 0.1) is 23.1 Å². The van der Waals surface area contributed by atoms with Crippen molar-refractivity contribution in [3.8, 4) is 6.07 Å². The Balaban J connectivity index is 2.38. The standard InChI is InChI=1S/C12H7BrFN3/c13-9-1-2-10(14)11(5-9)17-12-7-16-4-3-8(12)6-15/h1-5,7,17H. The average Bonchev–Trinajstić information content (AvgIpc) is 2.34. The van der Waals surface area contributed by atoms with E-state index in [0.29, 0.717) is 16.9 Å². The topological polar surface area (TPSA) is 48.7 Å². The van der Waals surface area contributed by atoms with Crippen molar-refractivity contribution >= 4 is 27.3 Å². The van der Waals surface area contributed by atoms with Crippen LogP contribution in [-0.4, -0.2) is 4.98 Å². The third-order valence-corrected chi connectivity index (χ3v) is 2.63. The van der Waals surface area contributed by atoms with Crippen LogP contribution in [-0.2, 0) is 0 Å². The summed E-state index contributed by atoms with van der Waals surface area (Å²) in [5, 5.41) is 11.7. The molecule has 1 N–H and O–H groups in total. The Bertz CT molecular complexity index is 593. The van der Waals surface area contributed by atoms with Crippen molar-refractivity contribution in [3.05, 3.63) is 52.5 Å². The lowest BCUT2D eigenvalue weighted by molar-refractivity contribution is 0.631. The smallest absolute Gasteiger partial charge is 0.146 e. The van der Waals surface area contributed by atoms with Crippen LogP contribution < -0.4 is 5.32 Å². The fourth-order valence-electron chi connectivity index (χ4n) is 1.33. The Hall–Kier alpha value is -1.93. The maximum Gasteiger partial charge on any atom is 0.146 e. The summed E-state index contributed by atoms with van der Waals surface area (Å²) >= 11 is 3.26. The van der Waals surface area contributed by atoms with Gasteiger partial charge in [0.2, 0.25) is 0 Å². The minimum absolute atomic E-state index is 0.295. The third-order valence-electron chi connectivity index (χ3n) is 2.14. The molecule has 0 radical (unpaired) electrons. The molecule has 84 valence electrons. The number of nitrogens with one attached hydrogen (secondary N) is 1. The summed E-state index contributed by atoms with van der Waals surface area (Å²) in [6.07, 6.45) is 3.00. The Morgan fingerprint density at radius 1 is 1.29 bits per heavy atom. The van der Waals surface area contributed by atoms with Crippen LogP contribution in [0.1, 0.15) is 5.56 Å². The summed E-state index contributed by atoms with van der Waals surface area (Å²) in [5.74, 6) is -0.388. The van der Waals surface area contributed by atoms with Crippen LogP contribution in [0.2, 0.25) is 0 Å². The van der Waals surface area contributed by atoms with Crippen LogP contribution in [0.5, 0.6) is 0 Å². The van der Waals surface area contributed by atoms with Crippen LogP contribution in [0.15, 0.2) is 41.1 Å². The van der Waals surface area contributed by atoms with Crippen molar-refractivity contribution in [1.82, 2.24) is 4.98 Å². The molecule has 0 unspecified atom stereocenters. The number of nitriles is 1. The van der Waals surface area contributed by atoms with Gasteiger partial charge in [-0.1, -0.05) is 15.9 Å². The molecule has 2 aromatic rings. The van der Waals surface area contributed by atoms with Crippen molar-refractivity contribution in [1.29, 1.82) is 5.26 Å². The van der Waals surface area contributed by atoms with Crippen LogP contribution in [0, 0.1) is 17.1 Å². The molecule has 1 heterocycles. The third kappa shape index (κ3) is 2.60. The van der Waals surface area contributed by atoms with Gasteiger partial charge < -0.3 is 5.32 Å². The van der Waals surface area contributed by atoms with Gasteiger partial charge in [-0.3, -0.25) is 4.98 Å². The Kier molecular flexibility index (Phi) is 3.35. The molecule has 3 nitrogen and oxygen atoms in total. The average molecular weight is 292 g/mol. The predicted octanol–water partition coefficient (Wildman–Crippen LogP) is 3.60. The first-order valence-electron chi connectivity index (χ1n) is 4.77. The molecule has 0 aliphatic carbocycles. The van der Waals surface area contributed by atoms with E-state index in [2.05, 4.69) is 26.2 Å². The summed E-state index contributed by atoms with van der Waals surface area (Å²) in [6, 6.07) is 8.13. The lowest BCUT2D eigenvalue weighted by atomic mass is 10.2. The molecule has 0 saturated carbocycles. The van der Waals surface area contributed by atoms with E-state index in [-0.39, 0.29) is 5.82 Å². The molecule has 0 amide bonds. The predicted molar refractivity (Wildman–Crippen MR) is 66.3 cm³/mol. The van der Waals surface area contributed by atoms with E-state index in [1.165, 1.54) is 18.5 Å². The molecule has 0 fully saturated rings. The molecule has 5 heteroatoms. The maximum absolute atomic E-state index is 13.5. The number of anilines is 2. The normalized spacial score (nSPS) is 9.71. The van der Waals surface area contributed by atoms with Crippen molar-refractivity contribution in [2.75, 3.05) is 5.32 Å². The molecule has 1 aromatic heterocycles. The molecular weight excluding hydrogens is 285 g/mol. The highest BCUT2D eigenvalue weighted by Crippen LogP contribution is 2.25. The highest BCUT2D eigenvalue weighted by molar-refractivity contribution is 9.10. The quantitative estimate of drug-likeness (QED) is 0.920. The Morgan fingerprint density at radius 2 is 2.12 bits per heavy atom. The van der Waals surface area contributed by atoms with Crippen molar-refractivity contribution < 1.29 is 4.39 Å². The van der Waals surface area contributed by atoms with E-state index in [1.54, 1.807) is 18.2 Å². The van der Waals surface area contributed by atoms with Crippen molar-refractivity contribution in [3.63, 3.8) is 0 Å². The first-order valence-corrected chi connectivity index (χ1v) is 5.56. The molecule has 0 atom stereocenters. The van der Waals surface area contributed by atoms with Gasteiger partial charge in [0, 0.05) is 10.7 Å². The minimum Gasteiger partial charge on any atom is -0.351 e. The monoisotopic (exact) mass is 291 g/mol. The van der Waals surface area contributed by atoms with Crippen LogP contribution >= 0.6 is 15.9 Å². The van der Waals surface area contributed by atoms with E-state index >= 15 is 0 Å². The fourth-order valence-corrected chi connectivity index (χ4v) is 1.69. The lowest BCUT2D eigenvalue weighted by Crippen LogP contribution is -1.96. The lowest BCUT2D eigenvalue weighted by Gasteiger charge is -2.08. The summed E-state index contributed by atoms with van der Waals surface area (Å²) in [7, 11) is 0. The minimum atomic E-state index is -0.388. The molecule has 0 spiro atoms. The number of hydrogen-bond donors (Lipinski definition) is 1. The van der Waals surface area contributed by atoms with Crippen molar-refractivity contribution in [2.24, 2.45) is 0 Å². The second kappa shape index (κ2) is 4.93. The van der Waals surface area contributed by atoms with Crippen molar-refractivity contribution in [2.45, 2.75) is 0 Å². The van der Waals surface area contributed by atoms with Crippen LogP contribution in [0.3, 0.4) is 0 Å². The zero-order valence-electron chi connectivity index (χ0n) is 8.61. The van der Waals surface area contributed by atoms with Gasteiger partial charge >= 0.3 is 0 Å². The van der Waals surface area contributed by atoms with Gasteiger partial charge in [0.25, 0.3) is 0 Å². The molecular formula is C12H7BrFN3. The highest BCUT2D eigenvalue weighted by Gasteiger charge is 2.06. The first-order chi connectivity index (χ1) is 8.20. The molecule has 1 aromatic carbocycles. The van der Waals surface area contributed by atoms with E-state index in [4.69, 9.17) is 5.26 Å². The zero-order valence-corrected chi connectivity index (χ0v) is 10.2. The maximum atomic E-state index is 13.5. The molecule has 0 saturated heterocycles. The number of benzene rings is 1. The molecule has 0 aliphatic rings. The largest absolute Gasteiger partial charge is 0.351 e. The molecule has 0 aliphatic heterocycles. The Labute approximate surface area is 106 Å². The molecule has 17 heavy (non-hydrogen) atoms. The number of halogens is 2. The first kappa shape index (κ1) is 11.6. The molecule has 2 rings (SSSR count). The van der Waals surface area contributed by atoms with Gasteiger partial charge in [0.1, 0.15) is 11.9 Å². The summed E-state index contributed by atoms with van der Waals surface area (Å²) < 4.78 is 14.3. The van der Waals surface area contributed by atoms with Gasteiger partial charge in [-0.25, -0.2) is 4.39 Å². The van der Waals surface area contributed by atoms with Gasteiger partial charge in [-0.05, 0) is 24.3 Å². The Morgan fingerprint density at radius 3 is 2.88 bits per heavy atom. The van der Waals surface area contributed by atoms with E-state index in [9.17, 15) is 4.39 Å². The number of rotatable bonds is 2. The number of hydrogen-bond acceptors (Lipinski definition) is 3. The summed E-state index contributed by atoms with van der Waals surface area (Å²) in [6.45, 7) is 0.